The van der Waals surface area contributed by atoms with Gasteiger partial charge in [-0.2, -0.15) is 0 Å². The molecule has 21 heavy (non-hydrogen) atoms. The van der Waals surface area contributed by atoms with Gasteiger partial charge in [-0.15, -0.1) is 0 Å². The van der Waals surface area contributed by atoms with Crippen molar-refractivity contribution >= 4 is 28.3 Å². The summed E-state index contributed by atoms with van der Waals surface area (Å²) >= 11 is 5.81. The lowest BCUT2D eigenvalue weighted by atomic mass is 10.1. The first-order chi connectivity index (χ1) is 10.3. The van der Waals surface area contributed by atoms with Gasteiger partial charge in [0.2, 0.25) is 0 Å². The Morgan fingerprint density at radius 1 is 1.29 bits per heavy atom. The second-order valence-electron chi connectivity index (χ2n) is 4.81. The molecule has 0 unspecified atom stereocenters. The highest BCUT2D eigenvalue weighted by molar-refractivity contribution is 6.29. The van der Waals surface area contributed by atoms with Crippen molar-refractivity contribution in [3.8, 4) is 0 Å². The number of anilines is 1. The van der Waals surface area contributed by atoms with E-state index in [-0.39, 0.29) is 12.6 Å². The average molecular weight is 303 g/mol. The van der Waals surface area contributed by atoms with E-state index in [4.69, 9.17) is 11.6 Å². The first-order valence-corrected chi connectivity index (χ1v) is 7.04. The van der Waals surface area contributed by atoms with E-state index in [0.29, 0.717) is 17.4 Å². The van der Waals surface area contributed by atoms with Gasteiger partial charge in [-0.1, -0.05) is 29.8 Å². The third kappa shape index (κ3) is 3.15. The molecule has 0 saturated carbocycles. The maximum absolute atomic E-state index is 9.57. The van der Waals surface area contributed by atoms with Gasteiger partial charge in [0.1, 0.15) is 11.0 Å². The monoisotopic (exact) mass is 302 g/mol. The van der Waals surface area contributed by atoms with Crippen LogP contribution < -0.4 is 5.32 Å². The van der Waals surface area contributed by atoms with Gasteiger partial charge in [-0.3, -0.25) is 4.98 Å². The fraction of sp³-hybridized carbons (Fsp3) is 0.200. The molecule has 0 fully saturated rings. The van der Waals surface area contributed by atoms with E-state index in [2.05, 4.69) is 26.3 Å². The minimum absolute atomic E-state index is 0.00625. The van der Waals surface area contributed by atoms with Crippen LogP contribution in [0.15, 0.2) is 42.9 Å². The lowest BCUT2D eigenvalue weighted by Crippen LogP contribution is -2.26. The molecular formula is C15H15ClN4O. The van der Waals surface area contributed by atoms with Crippen LogP contribution in [-0.2, 0) is 6.42 Å². The van der Waals surface area contributed by atoms with Gasteiger partial charge >= 0.3 is 0 Å². The molecule has 3 rings (SSSR count). The van der Waals surface area contributed by atoms with E-state index in [1.807, 2.05) is 24.4 Å². The van der Waals surface area contributed by atoms with Crippen LogP contribution in [0.4, 0.5) is 5.82 Å². The summed E-state index contributed by atoms with van der Waals surface area (Å²) in [6.07, 6.45) is 5.71. The molecule has 1 atom stereocenters. The highest BCUT2D eigenvalue weighted by Gasteiger charge is 2.12. The zero-order chi connectivity index (χ0) is 14.7. The van der Waals surface area contributed by atoms with E-state index >= 15 is 0 Å². The zero-order valence-electron chi connectivity index (χ0n) is 11.3. The Kier molecular flexibility index (Phi) is 4.03. The number of H-pyrrole nitrogens is 1. The molecule has 0 spiro atoms. The minimum atomic E-state index is -0.156. The number of nitrogens with zero attached hydrogens (tertiary/aromatic N) is 2. The number of fused-ring (bicyclic) bond motifs is 1. The van der Waals surface area contributed by atoms with Crippen molar-refractivity contribution in [1.82, 2.24) is 15.0 Å². The summed E-state index contributed by atoms with van der Waals surface area (Å²) in [7, 11) is 0. The molecule has 108 valence electrons. The van der Waals surface area contributed by atoms with Crippen LogP contribution in [0.1, 0.15) is 5.56 Å². The third-order valence-electron chi connectivity index (χ3n) is 3.32. The number of nitrogens with one attached hydrogen (secondary N) is 2. The van der Waals surface area contributed by atoms with Gasteiger partial charge in [0.15, 0.2) is 0 Å². The Balaban J connectivity index is 1.78. The summed E-state index contributed by atoms with van der Waals surface area (Å²) in [6, 6.07) is 7.93. The Morgan fingerprint density at radius 3 is 2.95 bits per heavy atom. The highest BCUT2D eigenvalue weighted by atomic mass is 35.5. The van der Waals surface area contributed by atoms with Crippen LogP contribution in [0, 0.1) is 0 Å². The van der Waals surface area contributed by atoms with Gasteiger partial charge in [-0.25, -0.2) is 4.98 Å². The molecule has 0 aliphatic rings. The van der Waals surface area contributed by atoms with E-state index < -0.39 is 0 Å². The average Bonchev–Trinajstić information content (AvgIpc) is 2.90. The standard InChI is InChI=1S/C15H15ClN4O/c16-14-7-17-8-15(20-14)19-11(9-21)5-10-6-18-13-4-2-1-3-12(10)13/h1-4,6-8,11,18,21H,5,9H2,(H,19,20)/t11-/m0/s1. The molecule has 1 aromatic carbocycles. The van der Waals surface area contributed by atoms with E-state index in [0.717, 1.165) is 16.5 Å². The van der Waals surface area contributed by atoms with Crippen molar-refractivity contribution in [3.63, 3.8) is 0 Å². The molecule has 6 heteroatoms. The van der Waals surface area contributed by atoms with Gasteiger partial charge in [0, 0.05) is 17.1 Å². The Morgan fingerprint density at radius 2 is 2.14 bits per heavy atom. The fourth-order valence-corrected chi connectivity index (χ4v) is 2.50. The number of hydrogen-bond acceptors (Lipinski definition) is 4. The Hall–Kier alpha value is -2.11. The van der Waals surface area contributed by atoms with Crippen LogP contribution >= 0.6 is 11.6 Å². The second-order valence-corrected chi connectivity index (χ2v) is 5.20. The molecule has 0 amide bonds. The number of para-hydroxylation sites is 1. The molecule has 0 saturated heterocycles. The summed E-state index contributed by atoms with van der Waals surface area (Å²) in [6.45, 7) is -0.00625. The number of aliphatic hydroxyl groups excluding tert-OH is 1. The third-order valence-corrected chi connectivity index (χ3v) is 3.50. The topological polar surface area (TPSA) is 73.8 Å². The summed E-state index contributed by atoms with van der Waals surface area (Å²) in [5.41, 5.74) is 2.24. The predicted octanol–water partition coefficient (Wildman–Crippen LogP) is 2.63. The number of aromatic nitrogens is 3. The van der Waals surface area contributed by atoms with Crippen LogP contribution in [0.2, 0.25) is 5.15 Å². The molecule has 2 aromatic heterocycles. The first-order valence-electron chi connectivity index (χ1n) is 6.66. The molecular weight excluding hydrogens is 288 g/mol. The largest absolute Gasteiger partial charge is 0.394 e. The molecule has 0 aliphatic carbocycles. The Bertz CT molecular complexity index is 743. The number of rotatable bonds is 5. The number of aromatic amines is 1. The molecule has 3 aromatic rings. The molecule has 0 aliphatic heterocycles. The van der Waals surface area contributed by atoms with E-state index in [9.17, 15) is 5.11 Å². The smallest absolute Gasteiger partial charge is 0.149 e. The zero-order valence-corrected chi connectivity index (χ0v) is 12.0. The summed E-state index contributed by atoms with van der Waals surface area (Å²) in [4.78, 5) is 11.3. The number of aliphatic hydroxyl groups is 1. The van der Waals surface area contributed by atoms with E-state index in [1.165, 1.54) is 6.20 Å². The normalized spacial score (nSPS) is 12.5. The van der Waals surface area contributed by atoms with Crippen molar-refractivity contribution in [2.75, 3.05) is 11.9 Å². The maximum Gasteiger partial charge on any atom is 0.149 e. The minimum Gasteiger partial charge on any atom is -0.394 e. The van der Waals surface area contributed by atoms with Gasteiger partial charge in [0.25, 0.3) is 0 Å². The van der Waals surface area contributed by atoms with Gasteiger partial charge < -0.3 is 15.4 Å². The molecule has 2 heterocycles. The molecule has 3 N–H and O–H groups in total. The van der Waals surface area contributed by atoms with Crippen LogP contribution in [0.3, 0.4) is 0 Å². The number of halogens is 1. The molecule has 5 nitrogen and oxygen atoms in total. The van der Waals surface area contributed by atoms with Crippen molar-refractivity contribution in [2.45, 2.75) is 12.5 Å². The highest BCUT2D eigenvalue weighted by Crippen LogP contribution is 2.20. The van der Waals surface area contributed by atoms with Crippen molar-refractivity contribution in [3.05, 3.63) is 53.6 Å². The predicted molar refractivity (Wildman–Crippen MR) is 83.5 cm³/mol. The Labute approximate surface area is 127 Å². The maximum atomic E-state index is 9.57. The number of benzene rings is 1. The van der Waals surface area contributed by atoms with Crippen LogP contribution in [0.25, 0.3) is 10.9 Å². The van der Waals surface area contributed by atoms with Crippen molar-refractivity contribution < 1.29 is 5.11 Å². The van der Waals surface area contributed by atoms with E-state index in [1.54, 1.807) is 6.20 Å². The molecule has 0 radical (unpaired) electrons. The lowest BCUT2D eigenvalue weighted by Gasteiger charge is -2.16. The fourth-order valence-electron chi connectivity index (χ4n) is 2.35. The first kappa shape index (κ1) is 13.9. The van der Waals surface area contributed by atoms with Gasteiger partial charge in [0.05, 0.1) is 25.0 Å². The summed E-state index contributed by atoms with van der Waals surface area (Å²) in [5, 5.41) is 14.2. The van der Waals surface area contributed by atoms with Crippen molar-refractivity contribution in [2.24, 2.45) is 0 Å². The van der Waals surface area contributed by atoms with Crippen molar-refractivity contribution in [1.29, 1.82) is 0 Å². The SMILES string of the molecule is OC[C@H](Cc1c[nH]c2ccccc12)Nc1cncc(Cl)n1. The lowest BCUT2D eigenvalue weighted by molar-refractivity contribution is 0.273. The summed E-state index contributed by atoms with van der Waals surface area (Å²) in [5.74, 6) is 0.557. The quantitative estimate of drug-likeness (QED) is 0.677. The van der Waals surface area contributed by atoms with Gasteiger partial charge in [-0.05, 0) is 18.1 Å². The second kappa shape index (κ2) is 6.11. The molecule has 0 bridgehead atoms. The van der Waals surface area contributed by atoms with Crippen LogP contribution in [0.5, 0.6) is 0 Å². The number of hydrogen-bond donors (Lipinski definition) is 3. The van der Waals surface area contributed by atoms with Crippen LogP contribution in [-0.4, -0.2) is 32.7 Å². The summed E-state index contributed by atoms with van der Waals surface area (Å²) < 4.78 is 0.